The van der Waals surface area contributed by atoms with Gasteiger partial charge in [0, 0.05) is 45.1 Å². The summed E-state index contributed by atoms with van der Waals surface area (Å²) in [6.07, 6.45) is 1.64. The maximum Gasteiger partial charge on any atom is 0.0725 e. The number of hydrogen-bond acceptors (Lipinski definition) is 6. The average Bonchev–Trinajstić information content (AvgIpc) is 2.76. The van der Waals surface area contributed by atoms with Gasteiger partial charge in [-0.25, -0.2) is 0 Å². The minimum atomic E-state index is -1.21. The zero-order chi connectivity index (χ0) is 21.3. The van der Waals surface area contributed by atoms with Crippen LogP contribution in [0.2, 0.25) is 0 Å². The van der Waals surface area contributed by atoms with Crippen molar-refractivity contribution in [2.75, 3.05) is 0 Å². The summed E-state index contributed by atoms with van der Waals surface area (Å²) in [7, 11) is 0. The summed E-state index contributed by atoms with van der Waals surface area (Å²) in [6, 6.07) is 14.3. The van der Waals surface area contributed by atoms with E-state index < -0.39 is 11.9 Å². The predicted molar refractivity (Wildman–Crippen MR) is 110 cm³/mol. The Kier molecular flexibility index (Phi) is 3.69. The van der Waals surface area contributed by atoms with Gasteiger partial charge in [0.25, 0.3) is 0 Å². The molecule has 6 nitrogen and oxygen atoms in total. The lowest BCUT2D eigenvalue weighted by atomic mass is 9.68. The van der Waals surface area contributed by atoms with E-state index in [1.165, 1.54) is 0 Å². The number of rotatable bonds is 2. The highest BCUT2D eigenvalue weighted by Gasteiger charge is 2.39. The number of carbonyl (C=O) groups is 2. The molecule has 31 heavy (non-hydrogen) atoms. The number of aromatic carboxylic acids is 2. The van der Waals surface area contributed by atoms with Crippen molar-refractivity contribution in [2.45, 2.75) is 31.1 Å². The van der Waals surface area contributed by atoms with Crippen molar-refractivity contribution in [1.29, 1.82) is 0 Å². The quantitative estimate of drug-likeness (QED) is 0.501. The highest BCUT2D eigenvalue weighted by atomic mass is 16.4. The molecule has 6 heteroatoms. The van der Waals surface area contributed by atoms with E-state index in [-0.39, 0.29) is 23.0 Å². The monoisotopic (exact) mass is 408 g/mol. The van der Waals surface area contributed by atoms with E-state index in [1.54, 1.807) is 36.4 Å². The SMILES string of the molecule is O=C([O-])c1c2c(nc3ccccc13)C1Cc3c(nc4ccccc4c3C(=O)[O-])C(C2)C1. The Morgan fingerprint density at radius 2 is 1.13 bits per heavy atom. The van der Waals surface area contributed by atoms with Crippen molar-refractivity contribution in [3.8, 4) is 0 Å². The molecule has 2 heterocycles. The molecule has 0 saturated heterocycles. The summed E-state index contributed by atoms with van der Waals surface area (Å²) < 4.78 is 0. The minimum absolute atomic E-state index is 0.0787. The second-order valence-corrected chi connectivity index (χ2v) is 8.35. The van der Waals surface area contributed by atoms with Crippen molar-refractivity contribution in [3.05, 3.63) is 82.2 Å². The first-order chi connectivity index (χ1) is 15.0. The fourth-order valence-electron chi connectivity index (χ4n) is 5.52. The van der Waals surface area contributed by atoms with E-state index in [9.17, 15) is 19.8 Å². The molecule has 0 aliphatic heterocycles. The molecular formula is C25H16N2O4-2. The van der Waals surface area contributed by atoms with E-state index in [1.807, 2.05) is 12.1 Å². The number of fused-ring (bicyclic) bond motifs is 8. The first-order valence-corrected chi connectivity index (χ1v) is 10.3. The van der Waals surface area contributed by atoms with Gasteiger partial charge in [-0.05, 0) is 42.5 Å². The molecule has 2 aromatic carbocycles. The molecule has 4 aromatic rings. The minimum Gasteiger partial charge on any atom is -0.545 e. The molecule has 0 spiro atoms. The van der Waals surface area contributed by atoms with Crippen molar-refractivity contribution in [3.63, 3.8) is 0 Å². The summed E-state index contributed by atoms with van der Waals surface area (Å²) in [4.78, 5) is 33.9. The Balaban J connectivity index is 1.62. The number of hydrogen-bond donors (Lipinski definition) is 0. The Bertz CT molecular complexity index is 1330. The smallest absolute Gasteiger partial charge is 0.0725 e. The number of carboxylic acid groups (broad SMARTS) is 2. The lowest BCUT2D eigenvalue weighted by Gasteiger charge is -2.39. The Hall–Kier alpha value is -3.80. The summed E-state index contributed by atoms with van der Waals surface area (Å²) in [6.45, 7) is 0. The molecule has 2 aliphatic carbocycles. The fourth-order valence-corrected chi connectivity index (χ4v) is 5.52. The van der Waals surface area contributed by atoms with Crippen LogP contribution in [0.3, 0.4) is 0 Å². The number of nitrogens with zero attached hydrogens (tertiary/aromatic N) is 2. The molecule has 0 saturated carbocycles. The van der Waals surface area contributed by atoms with Crippen LogP contribution in [0.5, 0.6) is 0 Å². The van der Waals surface area contributed by atoms with Crippen LogP contribution in [-0.2, 0) is 12.8 Å². The van der Waals surface area contributed by atoms with Gasteiger partial charge in [0.1, 0.15) is 0 Å². The van der Waals surface area contributed by atoms with Gasteiger partial charge in [0.2, 0.25) is 0 Å². The van der Waals surface area contributed by atoms with Crippen LogP contribution in [-0.4, -0.2) is 21.9 Å². The van der Waals surface area contributed by atoms with Crippen LogP contribution in [0.1, 0.15) is 61.5 Å². The van der Waals surface area contributed by atoms with Crippen LogP contribution < -0.4 is 10.2 Å². The summed E-state index contributed by atoms with van der Waals surface area (Å²) in [5, 5.41) is 25.4. The van der Waals surface area contributed by atoms with Crippen molar-refractivity contribution >= 4 is 33.7 Å². The average molecular weight is 408 g/mol. The second-order valence-electron chi connectivity index (χ2n) is 8.35. The molecule has 0 fully saturated rings. The van der Waals surface area contributed by atoms with Gasteiger partial charge >= 0.3 is 0 Å². The van der Waals surface area contributed by atoms with E-state index in [4.69, 9.17) is 9.97 Å². The first-order valence-electron chi connectivity index (χ1n) is 10.3. The summed E-state index contributed by atoms with van der Waals surface area (Å²) in [5.41, 5.74) is 4.46. The molecule has 6 rings (SSSR count). The van der Waals surface area contributed by atoms with Crippen molar-refractivity contribution in [2.24, 2.45) is 0 Å². The molecule has 0 N–H and O–H groups in total. The van der Waals surface area contributed by atoms with E-state index in [2.05, 4.69) is 0 Å². The molecule has 2 bridgehead atoms. The molecular weight excluding hydrogens is 392 g/mol. The molecule has 2 unspecified atom stereocenters. The van der Waals surface area contributed by atoms with Gasteiger partial charge in [-0.3, -0.25) is 9.97 Å². The number of aromatic nitrogens is 2. The highest BCUT2D eigenvalue weighted by Crippen LogP contribution is 2.48. The van der Waals surface area contributed by atoms with Gasteiger partial charge in [-0.2, -0.15) is 0 Å². The zero-order valence-corrected chi connectivity index (χ0v) is 16.4. The number of pyridine rings is 2. The normalized spacial score (nSPS) is 19.1. The Labute approximate surface area is 177 Å². The van der Waals surface area contributed by atoms with Crippen LogP contribution in [0.4, 0.5) is 0 Å². The van der Waals surface area contributed by atoms with Gasteiger partial charge < -0.3 is 19.8 Å². The number of carbonyl (C=O) groups excluding carboxylic acids is 2. The standard InChI is InChI=1S/C25H18N2O4/c28-24(29)20-14-5-1-3-7-18(14)26-22-13-9-12(10-16(20)22)23-17(11-13)21(25(30)31)15-6-2-4-8-19(15)27-23/h1-8,12-13H,9-11H2,(H,28,29)(H,30,31)/p-2. The molecule has 0 radical (unpaired) electrons. The van der Waals surface area contributed by atoms with Crippen LogP contribution >= 0.6 is 0 Å². The lowest BCUT2D eigenvalue weighted by Crippen LogP contribution is -2.34. The largest absolute Gasteiger partial charge is 0.545 e. The highest BCUT2D eigenvalue weighted by molar-refractivity contribution is 6.04. The third-order valence-corrected chi connectivity index (χ3v) is 6.70. The van der Waals surface area contributed by atoms with Crippen molar-refractivity contribution < 1.29 is 19.8 Å². The van der Waals surface area contributed by atoms with Crippen LogP contribution in [0.15, 0.2) is 48.5 Å². The van der Waals surface area contributed by atoms with Crippen LogP contribution in [0, 0.1) is 0 Å². The van der Waals surface area contributed by atoms with Gasteiger partial charge in [0.05, 0.1) is 23.0 Å². The lowest BCUT2D eigenvalue weighted by molar-refractivity contribution is -0.256. The number of carboxylic acids is 2. The van der Waals surface area contributed by atoms with E-state index in [0.717, 1.165) is 17.8 Å². The molecule has 2 aliphatic rings. The molecule has 152 valence electrons. The molecule has 2 aromatic heterocycles. The van der Waals surface area contributed by atoms with Gasteiger partial charge in [-0.1, -0.05) is 36.4 Å². The fraction of sp³-hybridized carbons (Fsp3) is 0.200. The second kappa shape index (κ2) is 6.35. The van der Waals surface area contributed by atoms with Crippen LogP contribution in [0.25, 0.3) is 21.8 Å². The van der Waals surface area contributed by atoms with Crippen molar-refractivity contribution in [1.82, 2.24) is 9.97 Å². The number of para-hydroxylation sites is 2. The molecule has 0 amide bonds. The number of benzene rings is 2. The Morgan fingerprint density at radius 3 is 1.55 bits per heavy atom. The zero-order valence-electron chi connectivity index (χ0n) is 16.4. The maximum absolute atomic E-state index is 12.1. The van der Waals surface area contributed by atoms with Gasteiger partial charge in [0.15, 0.2) is 0 Å². The van der Waals surface area contributed by atoms with E-state index in [0.29, 0.717) is 45.8 Å². The van der Waals surface area contributed by atoms with E-state index >= 15 is 0 Å². The summed E-state index contributed by atoms with van der Waals surface area (Å²) in [5.74, 6) is -2.58. The maximum atomic E-state index is 12.1. The first kappa shape index (κ1) is 18.0. The topological polar surface area (TPSA) is 106 Å². The third kappa shape index (κ3) is 2.51. The third-order valence-electron chi connectivity index (χ3n) is 6.70. The predicted octanol–water partition coefficient (Wildman–Crippen LogP) is 1.88. The van der Waals surface area contributed by atoms with Gasteiger partial charge in [-0.15, -0.1) is 0 Å². The Morgan fingerprint density at radius 1 is 0.710 bits per heavy atom. The molecule has 2 atom stereocenters. The summed E-state index contributed by atoms with van der Waals surface area (Å²) >= 11 is 0.